The van der Waals surface area contributed by atoms with Crippen molar-refractivity contribution in [1.82, 2.24) is 0 Å². The third-order valence-electron chi connectivity index (χ3n) is 10.4. The zero-order chi connectivity index (χ0) is 46.3. The van der Waals surface area contributed by atoms with Crippen LogP contribution in [0.25, 0.3) is 16.7 Å². The average molecular weight is 837 g/mol. The summed E-state index contributed by atoms with van der Waals surface area (Å²) in [6.45, 7) is 6.89. The molecule has 18 heteroatoms. The standard InChI is InChI=1S/C22H21N5O4.C22H19N5O4/c2*1-14-3-5-21(26(28)29)19(8-14)17-4-6-22(27(30)31)20(10-17)18(13-25)9-16(12-24)7-15(2)11-23/h3-6,8,15-16,18,20H,7,9-10H2,1-2H3;3-6,8,10,15-16,18H,7,9H2,1-2H3/t15?,16?,18?,20-;/m0./s1. The molecule has 18 nitrogen and oxygen atoms in total. The first-order valence-electron chi connectivity index (χ1n) is 19.1. The number of nitro benzene ring substituents is 3. The van der Waals surface area contributed by atoms with Gasteiger partial charge in [-0.25, -0.2) is 0 Å². The highest BCUT2D eigenvalue weighted by Gasteiger charge is 2.38. The fraction of sp³-hybridized carbons (Fsp3) is 0.364. The maximum atomic E-state index is 11.6. The molecule has 314 valence electrons. The molecule has 0 N–H and O–H groups in total. The molecule has 6 unspecified atom stereocenters. The van der Waals surface area contributed by atoms with Crippen LogP contribution in [0.3, 0.4) is 0 Å². The highest BCUT2D eigenvalue weighted by atomic mass is 16.6. The van der Waals surface area contributed by atoms with Crippen molar-refractivity contribution in [2.45, 2.75) is 65.7 Å². The van der Waals surface area contributed by atoms with Gasteiger partial charge in [0, 0.05) is 53.5 Å². The van der Waals surface area contributed by atoms with Crippen LogP contribution in [-0.2, 0) is 0 Å². The van der Waals surface area contributed by atoms with Gasteiger partial charge in [-0.05, 0) is 95.2 Å². The van der Waals surface area contributed by atoms with Crippen LogP contribution in [0, 0.1) is 158 Å². The van der Waals surface area contributed by atoms with Crippen LogP contribution in [0.1, 0.15) is 74.1 Å². The van der Waals surface area contributed by atoms with Crippen LogP contribution < -0.4 is 0 Å². The number of hydrogen-bond donors (Lipinski definition) is 0. The first-order valence-corrected chi connectivity index (χ1v) is 19.1. The van der Waals surface area contributed by atoms with Gasteiger partial charge in [-0.15, -0.1) is 0 Å². The van der Waals surface area contributed by atoms with E-state index in [4.69, 9.17) is 10.5 Å². The molecule has 7 atom stereocenters. The average Bonchev–Trinajstić information content (AvgIpc) is 3.25. The zero-order valence-electron chi connectivity index (χ0n) is 34.2. The number of rotatable bonds is 16. The molecular formula is C44H40N10O8. The van der Waals surface area contributed by atoms with Crippen molar-refractivity contribution < 1.29 is 19.7 Å². The summed E-state index contributed by atoms with van der Waals surface area (Å²) < 4.78 is 0. The highest BCUT2D eigenvalue weighted by molar-refractivity contribution is 5.77. The van der Waals surface area contributed by atoms with E-state index in [1.165, 1.54) is 42.5 Å². The van der Waals surface area contributed by atoms with Crippen molar-refractivity contribution in [3.05, 3.63) is 135 Å². The predicted molar refractivity (Wildman–Crippen MR) is 223 cm³/mol. The lowest BCUT2D eigenvalue weighted by atomic mass is 9.75. The molecule has 3 aromatic rings. The summed E-state index contributed by atoms with van der Waals surface area (Å²) in [6.07, 6.45) is 3.45. The van der Waals surface area contributed by atoms with Gasteiger partial charge in [-0.3, -0.25) is 40.5 Å². The van der Waals surface area contributed by atoms with Crippen molar-refractivity contribution in [3.8, 4) is 47.5 Å². The molecule has 0 spiro atoms. The largest absolute Gasteiger partial charge is 0.277 e. The van der Waals surface area contributed by atoms with Crippen LogP contribution in [0.15, 0.2) is 72.4 Å². The number of nitriles is 6. The maximum absolute atomic E-state index is 11.6. The van der Waals surface area contributed by atoms with Crippen molar-refractivity contribution in [3.63, 3.8) is 0 Å². The van der Waals surface area contributed by atoms with E-state index in [1.54, 1.807) is 52.0 Å². The minimum absolute atomic E-state index is 0.0131. The Hall–Kier alpha value is -8.32. The van der Waals surface area contributed by atoms with E-state index in [0.29, 0.717) is 16.7 Å². The fourth-order valence-electron chi connectivity index (χ4n) is 7.25. The van der Waals surface area contributed by atoms with E-state index in [2.05, 4.69) is 24.3 Å². The number of nitrogens with zero attached hydrogens (tertiary/aromatic N) is 10. The Morgan fingerprint density at radius 1 is 0.581 bits per heavy atom. The summed E-state index contributed by atoms with van der Waals surface area (Å²) in [6, 6.07) is 25.6. The smallest absolute Gasteiger partial charge is 0.259 e. The van der Waals surface area contributed by atoms with Gasteiger partial charge in [0.05, 0.1) is 85.0 Å². The van der Waals surface area contributed by atoms with Crippen molar-refractivity contribution >= 4 is 22.6 Å². The maximum Gasteiger partial charge on any atom is 0.277 e. The molecule has 1 aliphatic carbocycles. The third-order valence-corrected chi connectivity index (χ3v) is 10.4. The van der Waals surface area contributed by atoms with Crippen molar-refractivity contribution in [1.29, 1.82) is 31.6 Å². The Morgan fingerprint density at radius 3 is 1.55 bits per heavy atom. The second-order valence-electron chi connectivity index (χ2n) is 15.0. The van der Waals surface area contributed by atoms with E-state index in [-0.39, 0.29) is 71.9 Å². The monoisotopic (exact) mass is 836 g/mol. The summed E-state index contributed by atoms with van der Waals surface area (Å²) in [5, 5.41) is 102. The molecule has 0 saturated carbocycles. The van der Waals surface area contributed by atoms with Crippen molar-refractivity contribution in [2.75, 3.05) is 0 Å². The predicted octanol–water partition coefficient (Wildman–Crippen LogP) is 9.85. The molecule has 0 heterocycles. The normalized spacial score (nSPS) is 15.7. The fourth-order valence-corrected chi connectivity index (χ4v) is 7.25. The highest BCUT2D eigenvalue weighted by Crippen LogP contribution is 2.42. The van der Waals surface area contributed by atoms with Gasteiger partial charge in [-0.2, -0.15) is 31.6 Å². The van der Waals surface area contributed by atoms with E-state index >= 15 is 0 Å². The SMILES string of the molecule is Cc1ccc([N+](=O)[O-])c(-c2ccc([N+](=O)[O-])c(C(C#N)CC(C#N)CC(C)C#N)c2)c1.Cc1ccc([N+](=O)[O-])c(C2=CC=C([N+](=O)[O-])[C@H](C(C#N)CC(C#N)CC(C)C#N)C2)c1. The minimum Gasteiger partial charge on any atom is -0.259 e. The second kappa shape index (κ2) is 22.2. The van der Waals surface area contributed by atoms with E-state index in [1.807, 2.05) is 12.1 Å². The van der Waals surface area contributed by atoms with Gasteiger partial charge in [0.2, 0.25) is 0 Å². The molecule has 0 bridgehead atoms. The molecule has 0 radical (unpaired) electrons. The van der Waals surface area contributed by atoms with E-state index in [0.717, 1.165) is 11.1 Å². The van der Waals surface area contributed by atoms with Crippen molar-refractivity contribution in [2.24, 2.45) is 35.5 Å². The molecule has 3 aromatic carbocycles. The van der Waals surface area contributed by atoms with Crippen LogP contribution in [0.4, 0.5) is 17.1 Å². The number of allylic oxidation sites excluding steroid dienone is 4. The lowest BCUT2D eigenvalue weighted by molar-refractivity contribution is -0.435. The lowest BCUT2D eigenvalue weighted by Crippen LogP contribution is -2.25. The lowest BCUT2D eigenvalue weighted by Gasteiger charge is -2.25. The Morgan fingerprint density at radius 2 is 1.08 bits per heavy atom. The Labute approximate surface area is 357 Å². The Balaban J connectivity index is 0.000000330. The molecule has 0 amide bonds. The van der Waals surface area contributed by atoms with Crippen LogP contribution in [0.5, 0.6) is 0 Å². The van der Waals surface area contributed by atoms with Gasteiger partial charge in [-0.1, -0.05) is 29.3 Å². The van der Waals surface area contributed by atoms with Gasteiger partial charge in [0.25, 0.3) is 22.8 Å². The molecule has 4 rings (SSSR count). The third kappa shape index (κ3) is 12.3. The minimum atomic E-state index is -0.986. The number of nitro groups is 4. The summed E-state index contributed by atoms with van der Waals surface area (Å²) in [4.78, 5) is 43.9. The first-order chi connectivity index (χ1) is 29.4. The molecule has 0 aliphatic heterocycles. The van der Waals surface area contributed by atoms with E-state index in [9.17, 15) is 61.5 Å². The van der Waals surface area contributed by atoms with Gasteiger partial charge >= 0.3 is 0 Å². The molecule has 0 fully saturated rings. The number of benzene rings is 3. The Bertz CT molecular complexity index is 2560. The molecular weight excluding hydrogens is 797 g/mol. The number of hydrogen-bond acceptors (Lipinski definition) is 14. The van der Waals surface area contributed by atoms with Crippen LogP contribution in [0.2, 0.25) is 0 Å². The summed E-state index contributed by atoms with van der Waals surface area (Å²) >= 11 is 0. The van der Waals surface area contributed by atoms with E-state index < -0.39 is 55.2 Å². The summed E-state index contributed by atoms with van der Waals surface area (Å²) in [5.74, 6) is -4.69. The zero-order valence-corrected chi connectivity index (χ0v) is 34.2. The first kappa shape index (κ1) is 48.1. The van der Waals surface area contributed by atoms with Gasteiger partial charge < -0.3 is 0 Å². The summed E-state index contributed by atoms with van der Waals surface area (Å²) in [7, 11) is 0. The molecule has 1 aliphatic rings. The Kier molecular flexibility index (Phi) is 17.2. The van der Waals surface area contributed by atoms with Crippen LogP contribution in [-0.4, -0.2) is 19.7 Å². The van der Waals surface area contributed by atoms with Gasteiger partial charge in [0.1, 0.15) is 0 Å². The molecule has 0 aromatic heterocycles. The van der Waals surface area contributed by atoms with Crippen LogP contribution >= 0.6 is 0 Å². The molecule has 62 heavy (non-hydrogen) atoms. The topological polar surface area (TPSA) is 315 Å². The quantitative estimate of drug-likeness (QED) is 0.0957. The second-order valence-corrected chi connectivity index (χ2v) is 15.0. The van der Waals surface area contributed by atoms with Gasteiger partial charge in [0.15, 0.2) is 0 Å². The number of aryl methyl sites for hydroxylation is 2. The summed E-state index contributed by atoms with van der Waals surface area (Å²) in [5.41, 5.74) is 2.49. The molecule has 0 saturated heterocycles.